The lowest BCUT2D eigenvalue weighted by Gasteiger charge is -2.11. The summed E-state index contributed by atoms with van der Waals surface area (Å²) < 4.78 is 0. The van der Waals surface area contributed by atoms with Crippen molar-refractivity contribution in [2.24, 2.45) is 4.99 Å². The second-order valence-electron chi connectivity index (χ2n) is 5.48. The van der Waals surface area contributed by atoms with E-state index in [1.807, 2.05) is 41.8 Å². The molecule has 3 aromatic rings. The van der Waals surface area contributed by atoms with Gasteiger partial charge >= 0.3 is 0 Å². The van der Waals surface area contributed by atoms with E-state index in [9.17, 15) is 4.79 Å². The fourth-order valence-corrected chi connectivity index (χ4v) is 4.12. The van der Waals surface area contributed by atoms with Crippen molar-refractivity contribution in [1.29, 1.82) is 0 Å². The Balaban J connectivity index is 1.70. The molecule has 1 saturated heterocycles. The number of rotatable bonds is 4. The van der Waals surface area contributed by atoms with Crippen LogP contribution in [0.15, 0.2) is 70.7 Å². The van der Waals surface area contributed by atoms with Gasteiger partial charge in [-0.3, -0.25) is 14.7 Å². The predicted molar refractivity (Wildman–Crippen MR) is 108 cm³/mol. The van der Waals surface area contributed by atoms with Crippen LogP contribution in [0.25, 0.3) is 17.0 Å². The lowest BCUT2D eigenvalue weighted by molar-refractivity contribution is -0.121. The molecule has 0 unspecified atom stereocenters. The van der Waals surface area contributed by atoms with Gasteiger partial charge in [-0.05, 0) is 41.6 Å². The highest BCUT2D eigenvalue weighted by Crippen LogP contribution is 2.34. The van der Waals surface area contributed by atoms with Crippen LogP contribution in [0.2, 0.25) is 0 Å². The highest BCUT2D eigenvalue weighted by atomic mass is 32.2. The number of aliphatic imine (C=N–C) groups is 1. The van der Waals surface area contributed by atoms with Crippen LogP contribution in [0.4, 0.5) is 5.13 Å². The first-order valence-corrected chi connectivity index (χ1v) is 9.59. The van der Waals surface area contributed by atoms with E-state index in [4.69, 9.17) is 0 Å². The molecule has 1 fully saturated rings. The molecule has 26 heavy (non-hydrogen) atoms. The third-order valence-electron chi connectivity index (χ3n) is 3.74. The van der Waals surface area contributed by atoms with E-state index in [-0.39, 0.29) is 5.91 Å². The van der Waals surface area contributed by atoms with Gasteiger partial charge in [0, 0.05) is 29.7 Å². The van der Waals surface area contributed by atoms with Gasteiger partial charge in [0.15, 0.2) is 5.17 Å². The minimum Gasteiger partial charge on any atom is -0.282 e. The quantitative estimate of drug-likeness (QED) is 0.496. The number of carbonyl (C=O) groups excluding carboxylic acids is 1. The minimum atomic E-state index is -0.0727. The maximum atomic E-state index is 12.8. The van der Waals surface area contributed by atoms with Gasteiger partial charge in [-0.15, -0.1) is 17.9 Å². The van der Waals surface area contributed by atoms with Crippen LogP contribution in [-0.4, -0.2) is 32.5 Å². The number of carbonyl (C=O) groups is 1. The Bertz CT molecular complexity index is 1040. The zero-order valence-corrected chi connectivity index (χ0v) is 15.3. The van der Waals surface area contributed by atoms with Crippen molar-refractivity contribution >= 4 is 56.3 Å². The molecule has 4 rings (SSSR count). The number of thiazole rings is 1. The van der Waals surface area contributed by atoms with Gasteiger partial charge < -0.3 is 0 Å². The van der Waals surface area contributed by atoms with Gasteiger partial charge in [-0.2, -0.15) is 4.99 Å². The van der Waals surface area contributed by atoms with Gasteiger partial charge in [0.2, 0.25) is 5.13 Å². The number of pyridine rings is 1. The SMILES string of the molecule is C=CCN1C(=O)/C(=C/c2ccc3ncccc3c2)SC1=Nc1nccs1. The van der Waals surface area contributed by atoms with Crippen LogP contribution in [0.1, 0.15) is 5.56 Å². The molecular formula is C19H14N4OS2. The van der Waals surface area contributed by atoms with Crippen molar-refractivity contribution in [2.45, 2.75) is 0 Å². The zero-order valence-electron chi connectivity index (χ0n) is 13.7. The Hall–Kier alpha value is -2.77. The molecule has 3 heterocycles. The number of thioether (sulfide) groups is 1. The molecule has 1 amide bonds. The molecule has 0 N–H and O–H groups in total. The summed E-state index contributed by atoms with van der Waals surface area (Å²) in [5, 5.41) is 4.15. The number of amides is 1. The van der Waals surface area contributed by atoms with Crippen molar-refractivity contribution in [2.75, 3.05) is 6.54 Å². The van der Waals surface area contributed by atoms with E-state index in [1.54, 1.807) is 23.4 Å². The topological polar surface area (TPSA) is 58.5 Å². The van der Waals surface area contributed by atoms with Crippen molar-refractivity contribution in [1.82, 2.24) is 14.9 Å². The molecule has 0 radical (unpaired) electrons. The predicted octanol–water partition coefficient (Wildman–Crippen LogP) is 4.48. The first kappa shape index (κ1) is 16.7. The largest absolute Gasteiger partial charge is 0.282 e. The maximum Gasteiger partial charge on any atom is 0.267 e. The van der Waals surface area contributed by atoms with E-state index in [1.165, 1.54) is 23.1 Å². The van der Waals surface area contributed by atoms with E-state index in [2.05, 4.69) is 21.5 Å². The molecule has 0 bridgehead atoms. The number of fused-ring (bicyclic) bond motifs is 1. The van der Waals surface area contributed by atoms with Crippen LogP contribution in [0, 0.1) is 0 Å². The molecule has 0 saturated carbocycles. The van der Waals surface area contributed by atoms with Crippen molar-refractivity contribution in [3.05, 3.63) is 71.2 Å². The summed E-state index contributed by atoms with van der Waals surface area (Å²) in [5.41, 5.74) is 1.88. The lowest BCUT2D eigenvalue weighted by Crippen LogP contribution is -2.29. The van der Waals surface area contributed by atoms with Gasteiger partial charge in [0.05, 0.1) is 10.4 Å². The fourth-order valence-electron chi connectivity index (χ4n) is 2.57. The number of benzene rings is 1. The van der Waals surface area contributed by atoms with Crippen LogP contribution >= 0.6 is 23.1 Å². The molecule has 7 heteroatoms. The van der Waals surface area contributed by atoms with Crippen molar-refractivity contribution < 1.29 is 4.79 Å². The third kappa shape index (κ3) is 3.31. The number of hydrogen-bond acceptors (Lipinski definition) is 6. The molecule has 1 aromatic carbocycles. The highest BCUT2D eigenvalue weighted by molar-refractivity contribution is 8.18. The number of hydrogen-bond donors (Lipinski definition) is 0. The van der Waals surface area contributed by atoms with Crippen LogP contribution < -0.4 is 0 Å². The summed E-state index contributed by atoms with van der Waals surface area (Å²) in [4.78, 5) is 28.0. The number of aromatic nitrogens is 2. The number of nitrogens with zero attached hydrogens (tertiary/aromatic N) is 4. The van der Waals surface area contributed by atoms with E-state index < -0.39 is 0 Å². The van der Waals surface area contributed by atoms with Crippen molar-refractivity contribution in [3.8, 4) is 0 Å². The second-order valence-corrected chi connectivity index (χ2v) is 7.36. The smallest absolute Gasteiger partial charge is 0.267 e. The van der Waals surface area contributed by atoms with E-state index >= 15 is 0 Å². The zero-order chi connectivity index (χ0) is 17.9. The Labute approximate surface area is 158 Å². The summed E-state index contributed by atoms with van der Waals surface area (Å²) in [6.07, 6.45) is 7.05. The highest BCUT2D eigenvalue weighted by Gasteiger charge is 2.32. The lowest BCUT2D eigenvalue weighted by atomic mass is 10.1. The molecule has 0 atom stereocenters. The van der Waals surface area contributed by atoms with Gasteiger partial charge in [-0.1, -0.05) is 18.2 Å². The first-order valence-electron chi connectivity index (χ1n) is 7.90. The van der Waals surface area contributed by atoms with E-state index in [0.717, 1.165) is 16.5 Å². The molecule has 0 aliphatic carbocycles. The van der Waals surface area contributed by atoms with Crippen LogP contribution in [0.5, 0.6) is 0 Å². The molecule has 128 valence electrons. The maximum absolute atomic E-state index is 12.8. The van der Waals surface area contributed by atoms with Crippen LogP contribution in [-0.2, 0) is 4.79 Å². The Morgan fingerprint density at radius 1 is 1.23 bits per heavy atom. The summed E-state index contributed by atoms with van der Waals surface area (Å²) in [6, 6.07) is 9.85. The Kier molecular flexibility index (Phi) is 4.64. The summed E-state index contributed by atoms with van der Waals surface area (Å²) >= 11 is 2.79. The molecule has 2 aromatic heterocycles. The van der Waals surface area contributed by atoms with Gasteiger partial charge in [-0.25, -0.2) is 4.98 Å². The molecule has 1 aliphatic rings. The number of amidine groups is 1. The van der Waals surface area contributed by atoms with Crippen molar-refractivity contribution in [3.63, 3.8) is 0 Å². The average Bonchev–Trinajstić information content (AvgIpc) is 3.26. The molecule has 0 spiro atoms. The molecule has 5 nitrogen and oxygen atoms in total. The standard InChI is InChI=1S/C19H14N4OS2/c1-2-9-23-17(24)16(26-19(23)22-18-21-8-10-25-18)12-13-5-6-15-14(11-13)4-3-7-20-15/h2-8,10-12H,1,9H2/b16-12-,22-19?. The van der Waals surface area contributed by atoms with E-state index in [0.29, 0.717) is 21.7 Å². The summed E-state index contributed by atoms with van der Waals surface area (Å²) in [7, 11) is 0. The molecular weight excluding hydrogens is 364 g/mol. The fraction of sp³-hybridized carbons (Fsp3) is 0.0526. The monoisotopic (exact) mass is 378 g/mol. The Morgan fingerprint density at radius 3 is 2.96 bits per heavy atom. The van der Waals surface area contributed by atoms with Gasteiger partial charge in [0.25, 0.3) is 5.91 Å². The summed E-state index contributed by atoms with van der Waals surface area (Å²) in [6.45, 7) is 4.15. The normalized spacial score (nSPS) is 17.5. The molecule has 1 aliphatic heterocycles. The average molecular weight is 378 g/mol. The minimum absolute atomic E-state index is 0.0727. The first-order chi connectivity index (χ1) is 12.7. The van der Waals surface area contributed by atoms with Gasteiger partial charge in [0.1, 0.15) is 0 Å². The summed E-state index contributed by atoms with van der Waals surface area (Å²) in [5.74, 6) is -0.0727. The Morgan fingerprint density at radius 2 is 2.15 bits per heavy atom. The van der Waals surface area contributed by atoms with Crippen LogP contribution in [0.3, 0.4) is 0 Å². The third-order valence-corrected chi connectivity index (χ3v) is 5.41. The second kappa shape index (κ2) is 7.23.